The Bertz CT molecular complexity index is 1000. The summed E-state index contributed by atoms with van der Waals surface area (Å²) in [5.74, 6) is 0.949. The van der Waals surface area contributed by atoms with Crippen LogP contribution in [0.5, 0.6) is 5.75 Å². The van der Waals surface area contributed by atoms with Gasteiger partial charge in [-0.2, -0.15) is 0 Å². The molecule has 3 aromatic carbocycles. The Balaban J connectivity index is 1.50. The van der Waals surface area contributed by atoms with E-state index in [1.54, 1.807) is 7.11 Å². The van der Waals surface area contributed by atoms with E-state index in [2.05, 4.69) is 34.1 Å². The summed E-state index contributed by atoms with van der Waals surface area (Å²) in [4.78, 5) is 19.9. The molecule has 160 valence electrons. The fourth-order valence-electron chi connectivity index (χ4n) is 4.08. The summed E-state index contributed by atoms with van der Waals surface area (Å²) in [6, 6.07) is 26.2. The van der Waals surface area contributed by atoms with Crippen LogP contribution in [0.1, 0.15) is 16.8 Å². The molecule has 0 saturated carbocycles. The Morgan fingerprint density at radius 3 is 2.29 bits per heavy atom. The van der Waals surface area contributed by atoms with E-state index in [0.29, 0.717) is 6.54 Å². The van der Waals surface area contributed by atoms with Crippen molar-refractivity contribution in [2.24, 2.45) is 0 Å². The van der Waals surface area contributed by atoms with Gasteiger partial charge in [0.15, 0.2) is 0 Å². The summed E-state index contributed by atoms with van der Waals surface area (Å²) in [6.07, 6.45) is 0.939. The highest BCUT2D eigenvalue weighted by Gasteiger charge is 2.23. The molecule has 1 amide bonds. The molecule has 0 aromatic heterocycles. The molecular weight excluding hydrogens is 386 g/mol. The molecule has 31 heavy (non-hydrogen) atoms. The zero-order valence-corrected chi connectivity index (χ0v) is 18.2. The topological polar surface area (TPSA) is 36.0 Å². The van der Waals surface area contributed by atoms with E-state index in [-0.39, 0.29) is 5.91 Å². The van der Waals surface area contributed by atoms with E-state index in [1.807, 2.05) is 66.5 Å². The van der Waals surface area contributed by atoms with Gasteiger partial charge in [-0.05, 0) is 55.0 Å². The smallest absolute Gasteiger partial charge is 0.256 e. The Morgan fingerprint density at radius 2 is 1.55 bits per heavy atom. The largest absolute Gasteiger partial charge is 0.497 e. The molecule has 0 spiro atoms. The fraction of sp³-hybridized carbons (Fsp3) is 0.269. The van der Waals surface area contributed by atoms with Crippen molar-refractivity contribution in [3.05, 3.63) is 84.4 Å². The number of carbonyl (C=O) groups is 1. The summed E-state index contributed by atoms with van der Waals surface area (Å²) >= 11 is 0. The zero-order valence-electron chi connectivity index (χ0n) is 18.2. The second kappa shape index (κ2) is 9.56. The van der Waals surface area contributed by atoms with E-state index < -0.39 is 0 Å². The summed E-state index contributed by atoms with van der Waals surface area (Å²) in [6.45, 7) is 3.21. The number of benzene rings is 3. The number of hydrogen-bond acceptors (Lipinski definition) is 4. The Kier molecular flexibility index (Phi) is 6.41. The van der Waals surface area contributed by atoms with Crippen LogP contribution in [0.15, 0.2) is 78.9 Å². The van der Waals surface area contributed by atoms with Gasteiger partial charge >= 0.3 is 0 Å². The standard InChI is InChI=1S/C26H29N3O2/c1-27(21-9-4-3-5-10-21)25-12-7-6-11-24(25)26(30)29-18-8-17-28(19-20-29)22-13-15-23(31-2)16-14-22/h3-7,9-16H,8,17-20H2,1-2H3. The maximum Gasteiger partial charge on any atom is 0.256 e. The molecule has 1 heterocycles. The quantitative estimate of drug-likeness (QED) is 0.599. The van der Waals surface area contributed by atoms with Crippen molar-refractivity contribution in [1.29, 1.82) is 0 Å². The van der Waals surface area contributed by atoms with Gasteiger partial charge in [-0.1, -0.05) is 30.3 Å². The number of hydrogen-bond donors (Lipinski definition) is 0. The molecule has 0 radical (unpaired) electrons. The van der Waals surface area contributed by atoms with E-state index in [1.165, 1.54) is 5.69 Å². The van der Waals surface area contributed by atoms with Crippen LogP contribution in [0.2, 0.25) is 0 Å². The van der Waals surface area contributed by atoms with Crippen molar-refractivity contribution < 1.29 is 9.53 Å². The molecule has 1 aliphatic rings. The lowest BCUT2D eigenvalue weighted by molar-refractivity contribution is 0.0768. The van der Waals surface area contributed by atoms with Crippen LogP contribution >= 0.6 is 0 Å². The molecule has 0 atom stereocenters. The Morgan fingerprint density at radius 1 is 0.839 bits per heavy atom. The second-order valence-corrected chi connectivity index (χ2v) is 7.74. The minimum absolute atomic E-state index is 0.0926. The first-order valence-corrected chi connectivity index (χ1v) is 10.7. The highest BCUT2D eigenvalue weighted by Crippen LogP contribution is 2.28. The van der Waals surface area contributed by atoms with Crippen molar-refractivity contribution >= 4 is 23.0 Å². The molecule has 5 heteroatoms. The number of nitrogens with zero attached hydrogens (tertiary/aromatic N) is 3. The van der Waals surface area contributed by atoms with Crippen LogP contribution in [0.3, 0.4) is 0 Å². The summed E-state index contributed by atoms with van der Waals surface area (Å²) in [5.41, 5.74) is 3.89. The number of amides is 1. The zero-order chi connectivity index (χ0) is 21.6. The maximum atomic E-state index is 13.5. The molecule has 1 saturated heterocycles. The van der Waals surface area contributed by atoms with E-state index in [0.717, 1.165) is 48.7 Å². The maximum absolute atomic E-state index is 13.5. The average Bonchev–Trinajstić information content (AvgIpc) is 3.10. The molecule has 1 aliphatic heterocycles. The van der Waals surface area contributed by atoms with Crippen LogP contribution in [0.25, 0.3) is 0 Å². The van der Waals surface area contributed by atoms with Gasteiger partial charge in [-0.25, -0.2) is 0 Å². The van der Waals surface area contributed by atoms with E-state index >= 15 is 0 Å². The summed E-state index contributed by atoms with van der Waals surface area (Å²) in [5, 5.41) is 0. The van der Waals surface area contributed by atoms with Gasteiger partial charge in [0.05, 0.1) is 18.4 Å². The average molecular weight is 416 g/mol. The molecule has 4 rings (SSSR count). The normalized spacial score (nSPS) is 14.1. The van der Waals surface area contributed by atoms with Gasteiger partial charge < -0.3 is 19.4 Å². The van der Waals surface area contributed by atoms with E-state index in [4.69, 9.17) is 4.74 Å². The number of rotatable bonds is 5. The molecule has 0 bridgehead atoms. The minimum Gasteiger partial charge on any atom is -0.497 e. The predicted molar refractivity (Wildman–Crippen MR) is 127 cm³/mol. The summed E-state index contributed by atoms with van der Waals surface area (Å²) < 4.78 is 5.27. The van der Waals surface area contributed by atoms with Crippen LogP contribution in [0, 0.1) is 0 Å². The molecular formula is C26H29N3O2. The molecule has 3 aromatic rings. The monoisotopic (exact) mass is 415 g/mol. The molecule has 0 unspecified atom stereocenters. The van der Waals surface area contributed by atoms with Gasteiger partial charge in [-0.15, -0.1) is 0 Å². The highest BCUT2D eigenvalue weighted by molar-refractivity contribution is 6.00. The number of ether oxygens (including phenoxy) is 1. The first-order valence-electron chi connectivity index (χ1n) is 10.7. The van der Waals surface area contributed by atoms with Gasteiger partial charge in [0.1, 0.15) is 5.75 Å². The van der Waals surface area contributed by atoms with Crippen molar-refractivity contribution in [3.63, 3.8) is 0 Å². The first-order chi connectivity index (χ1) is 15.2. The molecule has 0 N–H and O–H groups in total. The SMILES string of the molecule is COc1ccc(N2CCCN(C(=O)c3ccccc3N(C)c3ccccc3)CC2)cc1. The molecule has 0 aliphatic carbocycles. The number of methoxy groups -OCH3 is 1. The van der Waals surface area contributed by atoms with Crippen LogP contribution in [-0.4, -0.2) is 51.1 Å². The van der Waals surface area contributed by atoms with E-state index in [9.17, 15) is 4.79 Å². The highest BCUT2D eigenvalue weighted by atomic mass is 16.5. The lowest BCUT2D eigenvalue weighted by Crippen LogP contribution is -2.35. The summed E-state index contributed by atoms with van der Waals surface area (Å²) in [7, 11) is 3.69. The van der Waals surface area contributed by atoms with Gasteiger partial charge in [-0.3, -0.25) is 4.79 Å². The number of para-hydroxylation sites is 2. The molecule has 5 nitrogen and oxygen atoms in total. The Hall–Kier alpha value is -3.47. The predicted octanol–water partition coefficient (Wildman–Crippen LogP) is 4.82. The van der Waals surface area contributed by atoms with Crippen molar-refractivity contribution in [2.75, 3.05) is 50.1 Å². The third-order valence-electron chi connectivity index (χ3n) is 5.86. The lowest BCUT2D eigenvalue weighted by Gasteiger charge is -2.26. The van der Waals surface area contributed by atoms with Crippen LogP contribution in [0.4, 0.5) is 17.1 Å². The van der Waals surface area contributed by atoms with Gasteiger partial charge in [0.25, 0.3) is 5.91 Å². The van der Waals surface area contributed by atoms with Gasteiger partial charge in [0.2, 0.25) is 0 Å². The number of anilines is 3. The van der Waals surface area contributed by atoms with Crippen molar-refractivity contribution in [2.45, 2.75) is 6.42 Å². The lowest BCUT2D eigenvalue weighted by atomic mass is 10.1. The Labute approximate surface area is 184 Å². The molecule has 1 fully saturated rings. The number of carbonyl (C=O) groups excluding carboxylic acids is 1. The van der Waals surface area contributed by atoms with Crippen molar-refractivity contribution in [1.82, 2.24) is 4.90 Å². The first kappa shape index (κ1) is 20.8. The van der Waals surface area contributed by atoms with Crippen molar-refractivity contribution in [3.8, 4) is 5.75 Å². The second-order valence-electron chi connectivity index (χ2n) is 7.74. The van der Waals surface area contributed by atoms with Gasteiger partial charge in [0, 0.05) is 44.6 Å². The minimum atomic E-state index is 0.0926. The van der Waals surface area contributed by atoms with Crippen LogP contribution in [-0.2, 0) is 0 Å². The van der Waals surface area contributed by atoms with Crippen LogP contribution < -0.4 is 14.5 Å². The third-order valence-corrected chi connectivity index (χ3v) is 5.86. The third kappa shape index (κ3) is 4.66. The fourth-order valence-corrected chi connectivity index (χ4v) is 4.08.